The van der Waals surface area contributed by atoms with Crippen molar-refractivity contribution in [2.45, 2.75) is 45.4 Å². The topological polar surface area (TPSA) is 96.5 Å². The van der Waals surface area contributed by atoms with Crippen LogP contribution in [0.5, 0.6) is 5.75 Å². The van der Waals surface area contributed by atoms with Crippen LogP contribution in [0.3, 0.4) is 0 Å². The number of hydrogen-bond acceptors (Lipinski definition) is 4. The Bertz CT molecular complexity index is 956. The van der Waals surface area contributed by atoms with Gasteiger partial charge in [0.25, 0.3) is 11.8 Å². The Morgan fingerprint density at radius 3 is 2.38 bits per heavy atom. The summed E-state index contributed by atoms with van der Waals surface area (Å²) in [5, 5.41) is 2.91. The lowest BCUT2D eigenvalue weighted by molar-refractivity contribution is -0.124. The first-order valence-electron chi connectivity index (χ1n) is 10.9. The highest BCUT2D eigenvalue weighted by molar-refractivity contribution is 9.10. The van der Waals surface area contributed by atoms with E-state index < -0.39 is 11.8 Å². The predicted molar refractivity (Wildman–Crippen MR) is 126 cm³/mol. The van der Waals surface area contributed by atoms with Gasteiger partial charge in [0.1, 0.15) is 5.75 Å². The molecule has 8 heteroatoms. The van der Waals surface area contributed by atoms with E-state index in [1.807, 2.05) is 12.1 Å². The molecular weight excluding hydrogens is 474 g/mol. The number of benzene rings is 2. The minimum atomic E-state index is -0.485. The molecule has 1 aliphatic rings. The van der Waals surface area contributed by atoms with Gasteiger partial charge in [0.2, 0.25) is 5.91 Å². The number of aryl methyl sites for hydroxylation is 1. The lowest BCUT2D eigenvalue weighted by Crippen LogP contribution is -2.43. The average molecular weight is 502 g/mol. The maximum atomic E-state index is 12.3. The molecule has 1 fully saturated rings. The van der Waals surface area contributed by atoms with Crippen molar-refractivity contribution in [1.29, 1.82) is 0 Å². The SMILES string of the molecule is CCc1ccc(OCC(=O)NNC(=O)c2ccc(NC(=O)C3CCCCC3)cc2)c(Br)c1. The maximum Gasteiger partial charge on any atom is 0.276 e. The zero-order valence-corrected chi connectivity index (χ0v) is 19.7. The third-order valence-corrected chi connectivity index (χ3v) is 6.09. The van der Waals surface area contributed by atoms with Crippen molar-refractivity contribution in [2.24, 2.45) is 5.92 Å². The maximum absolute atomic E-state index is 12.3. The van der Waals surface area contributed by atoms with Gasteiger partial charge < -0.3 is 10.1 Å². The van der Waals surface area contributed by atoms with Crippen LogP contribution in [0.15, 0.2) is 46.9 Å². The molecule has 0 radical (unpaired) electrons. The Morgan fingerprint density at radius 2 is 1.72 bits per heavy atom. The number of amides is 3. The molecule has 3 rings (SSSR count). The summed E-state index contributed by atoms with van der Waals surface area (Å²) >= 11 is 3.42. The van der Waals surface area contributed by atoms with E-state index in [9.17, 15) is 14.4 Å². The summed E-state index contributed by atoms with van der Waals surface area (Å²) < 4.78 is 6.26. The molecule has 32 heavy (non-hydrogen) atoms. The number of halogens is 1. The number of nitrogens with one attached hydrogen (secondary N) is 3. The standard InChI is InChI=1S/C24H28BrN3O4/c1-2-16-8-13-21(20(25)14-16)32-15-22(29)27-28-24(31)18-9-11-19(12-10-18)26-23(30)17-6-4-3-5-7-17/h8-14,17H,2-7,15H2,1H3,(H,26,30)(H,27,29)(H,28,31). The van der Waals surface area contributed by atoms with Gasteiger partial charge in [0, 0.05) is 17.2 Å². The Morgan fingerprint density at radius 1 is 1.00 bits per heavy atom. The molecule has 2 aromatic rings. The van der Waals surface area contributed by atoms with E-state index in [1.165, 1.54) is 6.42 Å². The third-order valence-electron chi connectivity index (χ3n) is 5.47. The van der Waals surface area contributed by atoms with Crippen molar-refractivity contribution in [2.75, 3.05) is 11.9 Å². The number of ether oxygens (including phenoxy) is 1. The predicted octanol–water partition coefficient (Wildman–Crippen LogP) is 4.37. The monoisotopic (exact) mass is 501 g/mol. The summed E-state index contributed by atoms with van der Waals surface area (Å²) in [4.78, 5) is 36.6. The van der Waals surface area contributed by atoms with Gasteiger partial charge in [-0.15, -0.1) is 0 Å². The van der Waals surface area contributed by atoms with Crippen LogP contribution in [0.25, 0.3) is 0 Å². The largest absolute Gasteiger partial charge is 0.483 e. The van der Waals surface area contributed by atoms with Gasteiger partial charge in [-0.1, -0.05) is 32.3 Å². The molecule has 0 saturated heterocycles. The second-order valence-corrected chi connectivity index (χ2v) is 8.67. The minimum Gasteiger partial charge on any atom is -0.483 e. The van der Waals surface area contributed by atoms with E-state index in [0.717, 1.165) is 42.1 Å². The van der Waals surface area contributed by atoms with Crippen LogP contribution in [0.1, 0.15) is 54.9 Å². The number of carbonyl (C=O) groups excluding carboxylic acids is 3. The molecule has 170 valence electrons. The van der Waals surface area contributed by atoms with Crippen LogP contribution in [0, 0.1) is 5.92 Å². The van der Waals surface area contributed by atoms with Crippen LogP contribution in [-0.2, 0) is 16.0 Å². The first-order valence-corrected chi connectivity index (χ1v) is 11.7. The highest BCUT2D eigenvalue weighted by Crippen LogP contribution is 2.26. The number of hydrogen-bond donors (Lipinski definition) is 3. The van der Waals surface area contributed by atoms with E-state index in [1.54, 1.807) is 30.3 Å². The first-order chi connectivity index (χ1) is 15.5. The lowest BCUT2D eigenvalue weighted by atomic mass is 9.88. The van der Waals surface area contributed by atoms with Crippen LogP contribution < -0.4 is 20.9 Å². The fraction of sp³-hybridized carbons (Fsp3) is 0.375. The zero-order valence-electron chi connectivity index (χ0n) is 18.1. The van der Waals surface area contributed by atoms with Gasteiger partial charge in [0.05, 0.1) is 4.47 Å². The molecule has 0 aliphatic heterocycles. The summed E-state index contributed by atoms with van der Waals surface area (Å²) in [5.41, 5.74) is 6.86. The molecule has 0 aromatic heterocycles. The highest BCUT2D eigenvalue weighted by Gasteiger charge is 2.21. The second kappa shape index (κ2) is 11.7. The van der Waals surface area contributed by atoms with Crippen molar-refractivity contribution >= 4 is 39.3 Å². The molecule has 0 heterocycles. The van der Waals surface area contributed by atoms with Gasteiger partial charge in [-0.2, -0.15) is 0 Å². The van der Waals surface area contributed by atoms with Gasteiger partial charge in [-0.25, -0.2) is 0 Å². The number of anilines is 1. The summed E-state index contributed by atoms with van der Waals surface area (Å²) in [5.74, 6) is -0.299. The van der Waals surface area contributed by atoms with Gasteiger partial charge in [-0.3, -0.25) is 25.2 Å². The van der Waals surface area contributed by atoms with Gasteiger partial charge >= 0.3 is 0 Å². The molecule has 1 saturated carbocycles. The number of carbonyl (C=O) groups is 3. The van der Waals surface area contributed by atoms with E-state index in [0.29, 0.717) is 17.0 Å². The van der Waals surface area contributed by atoms with E-state index in [4.69, 9.17) is 4.74 Å². The van der Waals surface area contributed by atoms with E-state index in [-0.39, 0.29) is 18.4 Å². The molecule has 7 nitrogen and oxygen atoms in total. The molecule has 3 amide bonds. The van der Waals surface area contributed by atoms with Crippen LogP contribution in [-0.4, -0.2) is 24.3 Å². The van der Waals surface area contributed by atoms with E-state index >= 15 is 0 Å². The smallest absolute Gasteiger partial charge is 0.276 e. The van der Waals surface area contributed by atoms with Gasteiger partial charge in [0.15, 0.2) is 6.61 Å². The summed E-state index contributed by atoms with van der Waals surface area (Å²) in [6.45, 7) is 1.82. The summed E-state index contributed by atoms with van der Waals surface area (Å²) in [6, 6.07) is 12.2. The van der Waals surface area contributed by atoms with Crippen molar-refractivity contribution in [3.63, 3.8) is 0 Å². The van der Waals surface area contributed by atoms with Crippen LogP contribution in [0.4, 0.5) is 5.69 Å². The zero-order chi connectivity index (χ0) is 22.9. The highest BCUT2D eigenvalue weighted by atomic mass is 79.9. The first kappa shape index (κ1) is 23.8. The molecule has 0 spiro atoms. The second-order valence-electron chi connectivity index (χ2n) is 7.81. The third kappa shape index (κ3) is 6.82. The quantitative estimate of drug-likeness (QED) is 0.490. The summed E-state index contributed by atoms with van der Waals surface area (Å²) in [6.07, 6.45) is 6.14. The van der Waals surface area contributed by atoms with Crippen molar-refractivity contribution in [3.8, 4) is 5.75 Å². The fourth-order valence-corrected chi connectivity index (χ4v) is 4.11. The molecule has 0 unspecified atom stereocenters. The molecule has 2 aromatic carbocycles. The van der Waals surface area contributed by atoms with Crippen molar-refractivity contribution < 1.29 is 19.1 Å². The van der Waals surface area contributed by atoms with Gasteiger partial charge in [-0.05, 0) is 77.2 Å². The Balaban J connectivity index is 1.43. The summed E-state index contributed by atoms with van der Waals surface area (Å²) in [7, 11) is 0. The Hall–Kier alpha value is -2.87. The van der Waals surface area contributed by atoms with Crippen LogP contribution in [0.2, 0.25) is 0 Å². The normalized spacial score (nSPS) is 13.8. The number of rotatable bonds is 7. The molecular formula is C24H28BrN3O4. The molecule has 1 aliphatic carbocycles. The van der Waals surface area contributed by atoms with Crippen LogP contribution >= 0.6 is 15.9 Å². The molecule has 3 N–H and O–H groups in total. The number of hydrazine groups is 1. The lowest BCUT2D eigenvalue weighted by Gasteiger charge is -2.20. The Labute approximate surface area is 196 Å². The van der Waals surface area contributed by atoms with Crippen molar-refractivity contribution in [3.05, 3.63) is 58.1 Å². The van der Waals surface area contributed by atoms with Crippen molar-refractivity contribution in [1.82, 2.24) is 10.9 Å². The fourth-order valence-electron chi connectivity index (χ4n) is 3.57. The molecule has 0 atom stereocenters. The Kier molecular flexibility index (Phi) is 8.67. The minimum absolute atomic E-state index is 0.0325. The average Bonchev–Trinajstić information content (AvgIpc) is 2.82. The van der Waals surface area contributed by atoms with E-state index in [2.05, 4.69) is 39.0 Å². The molecule has 0 bridgehead atoms.